The zero-order valence-electron chi connectivity index (χ0n) is 20.3. The van der Waals surface area contributed by atoms with Crippen LogP contribution in [-0.4, -0.2) is 73.4 Å². The van der Waals surface area contributed by atoms with Crippen molar-refractivity contribution in [1.82, 2.24) is 20.1 Å². The summed E-state index contributed by atoms with van der Waals surface area (Å²) in [7, 11) is 3.60. The van der Waals surface area contributed by atoms with Gasteiger partial charge in [0.2, 0.25) is 0 Å². The van der Waals surface area contributed by atoms with Crippen LogP contribution in [0.15, 0.2) is 42.7 Å². The Kier molecular flexibility index (Phi) is 7.13. The van der Waals surface area contributed by atoms with E-state index in [1.807, 2.05) is 37.4 Å². The zero-order valence-corrected chi connectivity index (χ0v) is 20.3. The van der Waals surface area contributed by atoms with Gasteiger partial charge >= 0.3 is 0 Å². The van der Waals surface area contributed by atoms with Gasteiger partial charge in [-0.2, -0.15) is 10.4 Å². The van der Waals surface area contributed by atoms with Crippen LogP contribution in [0.1, 0.15) is 12.0 Å². The number of aromatic nitrogens is 3. The van der Waals surface area contributed by atoms with Crippen LogP contribution in [0.2, 0.25) is 0 Å². The molecule has 10 heteroatoms. The molecule has 0 aliphatic carbocycles. The Hall–Kier alpha value is -3.91. The molecule has 3 heterocycles. The molecule has 0 atom stereocenters. The van der Waals surface area contributed by atoms with E-state index in [9.17, 15) is 5.26 Å². The molecule has 5 rings (SSSR count). The standard InChI is InChI=1S/C26H28N6O4/c1-32(16-25-35-7-3-8-36-25)6-9-34-24-12-22-20(11-23(24)33-2)26(18(13-27)14-28-22)30-19-5-4-17-15-29-31-21(17)10-19/h4-5,10-12,14-15,25H,3,6-9,16H2,1-2H3,(H,28,30)(H,29,31). The second-order valence-corrected chi connectivity index (χ2v) is 8.61. The number of rotatable bonds is 9. The van der Waals surface area contributed by atoms with Gasteiger partial charge in [0, 0.05) is 41.8 Å². The Morgan fingerprint density at radius 1 is 1.19 bits per heavy atom. The minimum absolute atomic E-state index is 0.197. The molecule has 186 valence electrons. The Labute approximate surface area is 208 Å². The lowest BCUT2D eigenvalue weighted by molar-refractivity contribution is -0.185. The molecule has 1 fully saturated rings. The fourth-order valence-electron chi connectivity index (χ4n) is 4.15. The number of methoxy groups -OCH3 is 1. The third-order valence-corrected chi connectivity index (χ3v) is 6.07. The highest BCUT2D eigenvalue weighted by Crippen LogP contribution is 2.37. The lowest BCUT2D eigenvalue weighted by Crippen LogP contribution is -2.37. The fourth-order valence-corrected chi connectivity index (χ4v) is 4.15. The normalized spacial score (nSPS) is 14.3. The second kappa shape index (κ2) is 10.8. The summed E-state index contributed by atoms with van der Waals surface area (Å²) in [6.45, 7) is 3.29. The molecule has 0 amide bonds. The number of fused-ring (bicyclic) bond motifs is 2. The number of ether oxygens (including phenoxy) is 4. The van der Waals surface area contributed by atoms with Crippen molar-refractivity contribution >= 4 is 33.2 Å². The van der Waals surface area contributed by atoms with Crippen LogP contribution in [0.3, 0.4) is 0 Å². The Morgan fingerprint density at radius 3 is 2.86 bits per heavy atom. The Balaban J connectivity index is 1.35. The number of aromatic amines is 1. The number of hydrogen-bond donors (Lipinski definition) is 2. The van der Waals surface area contributed by atoms with Gasteiger partial charge in [-0.1, -0.05) is 0 Å². The predicted molar refractivity (Wildman–Crippen MR) is 136 cm³/mol. The summed E-state index contributed by atoms with van der Waals surface area (Å²) in [5.74, 6) is 1.15. The maximum atomic E-state index is 9.74. The number of nitrogens with zero attached hydrogens (tertiary/aromatic N) is 4. The van der Waals surface area contributed by atoms with Gasteiger partial charge in [-0.05, 0) is 37.7 Å². The number of H-pyrrole nitrogens is 1. The van der Waals surface area contributed by atoms with Crippen molar-refractivity contribution in [1.29, 1.82) is 5.26 Å². The van der Waals surface area contributed by atoms with Gasteiger partial charge in [0.15, 0.2) is 17.8 Å². The van der Waals surface area contributed by atoms with Crippen molar-refractivity contribution in [2.45, 2.75) is 12.7 Å². The van der Waals surface area contributed by atoms with Crippen LogP contribution in [-0.2, 0) is 9.47 Å². The van der Waals surface area contributed by atoms with Crippen LogP contribution < -0.4 is 14.8 Å². The number of benzene rings is 2. The molecule has 36 heavy (non-hydrogen) atoms. The summed E-state index contributed by atoms with van der Waals surface area (Å²) in [5, 5.41) is 21.9. The van der Waals surface area contributed by atoms with E-state index in [-0.39, 0.29) is 6.29 Å². The number of anilines is 2. The SMILES string of the molecule is COc1cc2c(Nc3ccc4cn[nH]c4c3)c(C#N)cnc2cc1OCCN(C)CC1OCCCO1. The molecule has 2 aromatic heterocycles. The average Bonchev–Trinajstić information content (AvgIpc) is 3.37. The van der Waals surface area contributed by atoms with Crippen LogP contribution in [0.4, 0.5) is 11.4 Å². The summed E-state index contributed by atoms with van der Waals surface area (Å²) in [4.78, 5) is 6.61. The van der Waals surface area contributed by atoms with Gasteiger partial charge < -0.3 is 24.3 Å². The van der Waals surface area contributed by atoms with Crippen LogP contribution in [0.5, 0.6) is 11.5 Å². The number of nitriles is 1. The summed E-state index contributed by atoms with van der Waals surface area (Å²) in [6.07, 6.45) is 4.07. The first kappa shape index (κ1) is 23.8. The smallest absolute Gasteiger partial charge is 0.170 e. The van der Waals surface area contributed by atoms with E-state index < -0.39 is 0 Å². The highest BCUT2D eigenvalue weighted by molar-refractivity contribution is 5.98. The monoisotopic (exact) mass is 488 g/mol. The van der Waals surface area contributed by atoms with Crippen molar-refractivity contribution in [2.24, 2.45) is 0 Å². The molecule has 2 aromatic carbocycles. The van der Waals surface area contributed by atoms with E-state index in [4.69, 9.17) is 18.9 Å². The highest BCUT2D eigenvalue weighted by atomic mass is 16.7. The van der Waals surface area contributed by atoms with Crippen molar-refractivity contribution in [3.05, 3.63) is 48.3 Å². The minimum atomic E-state index is -0.197. The third kappa shape index (κ3) is 5.18. The summed E-state index contributed by atoms with van der Waals surface area (Å²) in [5.41, 5.74) is 3.49. The molecule has 0 radical (unpaired) electrons. The van der Waals surface area contributed by atoms with Crippen molar-refractivity contribution < 1.29 is 18.9 Å². The van der Waals surface area contributed by atoms with Crippen molar-refractivity contribution in [2.75, 3.05) is 52.4 Å². The van der Waals surface area contributed by atoms with Gasteiger partial charge in [0.05, 0.1) is 48.8 Å². The van der Waals surface area contributed by atoms with E-state index in [1.165, 1.54) is 0 Å². The molecule has 1 aliphatic heterocycles. The third-order valence-electron chi connectivity index (χ3n) is 6.07. The molecular formula is C26H28N6O4. The number of hydrogen-bond acceptors (Lipinski definition) is 9. The van der Waals surface area contributed by atoms with E-state index in [0.717, 1.165) is 41.6 Å². The van der Waals surface area contributed by atoms with E-state index in [2.05, 4.69) is 31.5 Å². The van der Waals surface area contributed by atoms with E-state index in [1.54, 1.807) is 19.5 Å². The summed E-state index contributed by atoms with van der Waals surface area (Å²) < 4.78 is 22.9. The first-order valence-corrected chi connectivity index (χ1v) is 11.8. The predicted octanol–water partition coefficient (Wildman–Crippen LogP) is 3.81. The molecule has 1 saturated heterocycles. The van der Waals surface area contributed by atoms with Crippen LogP contribution >= 0.6 is 0 Å². The molecule has 0 unspecified atom stereocenters. The van der Waals surface area contributed by atoms with Gasteiger partial charge in [0.25, 0.3) is 0 Å². The molecule has 4 aromatic rings. The maximum absolute atomic E-state index is 9.74. The molecule has 0 bridgehead atoms. The van der Waals surface area contributed by atoms with E-state index in [0.29, 0.717) is 48.0 Å². The molecule has 0 spiro atoms. The van der Waals surface area contributed by atoms with Crippen LogP contribution in [0.25, 0.3) is 21.8 Å². The molecule has 0 saturated carbocycles. The van der Waals surface area contributed by atoms with Crippen LogP contribution in [0, 0.1) is 11.3 Å². The number of pyridine rings is 1. The first-order chi connectivity index (χ1) is 17.6. The topological polar surface area (TPSA) is 118 Å². The zero-order chi connectivity index (χ0) is 24.9. The van der Waals surface area contributed by atoms with Gasteiger partial charge in [-0.25, -0.2) is 0 Å². The van der Waals surface area contributed by atoms with Crippen molar-refractivity contribution in [3.8, 4) is 17.6 Å². The minimum Gasteiger partial charge on any atom is -0.493 e. The lowest BCUT2D eigenvalue weighted by Gasteiger charge is -2.27. The lowest BCUT2D eigenvalue weighted by atomic mass is 10.1. The van der Waals surface area contributed by atoms with Crippen molar-refractivity contribution in [3.63, 3.8) is 0 Å². The first-order valence-electron chi connectivity index (χ1n) is 11.8. The summed E-state index contributed by atoms with van der Waals surface area (Å²) in [6, 6.07) is 11.8. The van der Waals surface area contributed by atoms with Gasteiger partial charge in [-0.15, -0.1) is 0 Å². The van der Waals surface area contributed by atoms with Gasteiger partial charge in [0.1, 0.15) is 12.7 Å². The molecular weight excluding hydrogens is 460 g/mol. The Bertz CT molecular complexity index is 1390. The average molecular weight is 489 g/mol. The highest BCUT2D eigenvalue weighted by Gasteiger charge is 2.18. The van der Waals surface area contributed by atoms with Gasteiger partial charge in [-0.3, -0.25) is 15.0 Å². The largest absolute Gasteiger partial charge is 0.493 e. The molecule has 2 N–H and O–H groups in total. The number of nitrogens with one attached hydrogen (secondary N) is 2. The molecule has 1 aliphatic rings. The fraction of sp³-hybridized carbons (Fsp3) is 0.346. The molecule has 10 nitrogen and oxygen atoms in total. The quantitative estimate of drug-likeness (QED) is 0.363. The second-order valence-electron chi connectivity index (χ2n) is 8.61. The Morgan fingerprint density at radius 2 is 2.06 bits per heavy atom. The summed E-state index contributed by atoms with van der Waals surface area (Å²) >= 11 is 0. The van der Waals surface area contributed by atoms with E-state index >= 15 is 0 Å². The number of likely N-dealkylation sites (N-methyl/N-ethyl adjacent to an activating group) is 1. The maximum Gasteiger partial charge on any atom is 0.170 e.